The van der Waals surface area contributed by atoms with Gasteiger partial charge in [0.05, 0.1) is 18.6 Å². The monoisotopic (exact) mass is 564 g/mol. The number of nitrogens with one attached hydrogen (secondary N) is 3. The number of hydrogen-bond acceptors (Lipinski definition) is 5. The molecule has 0 bridgehead atoms. The molecule has 3 atom stereocenters. The quantitative estimate of drug-likeness (QED) is 0.439. The number of hydrogen-bond donors (Lipinski definition) is 4. The minimum atomic E-state index is -1.11. The maximum absolute atomic E-state index is 13.1. The van der Waals surface area contributed by atoms with Gasteiger partial charge in [0.2, 0.25) is 17.7 Å². The number of nitrogens with zero attached hydrogens (tertiary/aromatic N) is 1. The second-order valence-electron chi connectivity index (χ2n) is 11.2. The molecule has 0 aliphatic carbocycles. The molecule has 3 rings (SSSR count). The molecule has 1 aromatic carbocycles. The zero-order valence-corrected chi connectivity index (χ0v) is 24.4. The van der Waals surface area contributed by atoms with Crippen molar-refractivity contribution < 1.29 is 19.5 Å². The van der Waals surface area contributed by atoms with E-state index in [-0.39, 0.29) is 24.7 Å². The molecular formula is C33H48N4O4. The second kappa shape index (κ2) is 19.0. The van der Waals surface area contributed by atoms with Crippen LogP contribution in [-0.2, 0) is 27.2 Å². The summed E-state index contributed by atoms with van der Waals surface area (Å²) in [7, 11) is 0. The molecule has 1 saturated heterocycles. The molecule has 1 fully saturated rings. The molecule has 4 N–H and O–H groups in total. The average Bonchev–Trinajstić information content (AvgIpc) is 2.97. The number of carbonyl (C=O) groups is 3. The van der Waals surface area contributed by atoms with Gasteiger partial charge in [-0.25, -0.2) is 0 Å². The van der Waals surface area contributed by atoms with E-state index in [4.69, 9.17) is 0 Å². The molecule has 1 aromatic heterocycles. The summed E-state index contributed by atoms with van der Waals surface area (Å²) in [6.45, 7) is 0.557. The van der Waals surface area contributed by atoms with Crippen LogP contribution in [0, 0.1) is 0 Å². The lowest BCUT2D eigenvalue weighted by Gasteiger charge is -2.25. The van der Waals surface area contributed by atoms with E-state index in [1.165, 1.54) is 32.1 Å². The Morgan fingerprint density at radius 3 is 2.00 bits per heavy atom. The van der Waals surface area contributed by atoms with Gasteiger partial charge in [-0.2, -0.15) is 0 Å². The summed E-state index contributed by atoms with van der Waals surface area (Å²) in [4.78, 5) is 43.3. The van der Waals surface area contributed by atoms with Crippen LogP contribution in [0.15, 0.2) is 54.7 Å². The fraction of sp³-hybridized carbons (Fsp3) is 0.576. The third-order valence-electron chi connectivity index (χ3n) is 7.67. The minimum absolute atomic E-state index is 0.115. The van der Waals surface area contributed by atoms with Crippen molar-refractivity contribution in [3.8, 4) is 0 Å². The fourth-order valence-corrected chi connectivity index (χ4v) is 5.29. The van der Waals surface area contributed by atoms with E-state index in [1.54, 1.807) is 12.3 Å². The lowest BCUT2D eigenvalue weighted by molar-refractivity contribution is -0.130. The number of amides is 3. The zero-order chi connectivity index (χ0) is 29.1. The van der Waals surface area contributed by atoms with Crippen LogP contribution in [0.4, 0.5) is 0 Å². The van der Waals surface area contributed by atoms with Crippen LogP contribution in [0.25, 0.3) is 0 Å². The molecule has 0 spiro atoms. The van der Waals surface area contributed by atoms with Gasteiger partial charge < -0.3 is 21.1 Å². The van der Waals surface area contributed by atoms with Crippen molar-refractivity contribution in [2.45, 2.75) is 114 Å². The van der Waals surface area contributed by atoms with Gasteiger partial charge in [0.1, 0.15) is 6.04 Å². The summed E-state index contributed by atoms with van der Waals surface area (Å²) in [5.41, 5.74) is 1.65. The lowest BCUT2D eigenvalue weighted by atomic mass is 9.98. The van der Waals surface area contributed by atoms with Crippen LogP contribution >= 0.6 is 0 Å². The van der Waals surface area contributed by atoms with Crippen molar-refractivity contribution in [2.24, 2.45) is 0 Å². The topological polar surface area (TPSA) is 120 Å². The van der Waals surface area contributed by atoms with E-state index in [0.717, 1.165) is 44.1 Å². The van der Waals surface area contributed by atoms with Crippen molar-refractivity contribution >= 4 is 17.7 Å². The first kappa shape index (κ1) is 32.3. The third kappa shape index (κ3) is 13.3. The molecule has 2 aromatic rings. The summed E-state index contributed by atoms with van der Waals surface area (Å²) in [6, 6.07) is 13.7. The Labute approximate surface area is 245 Å². The smallest absolute Gasteiger partial charge is 0.242 e. The van der Waals surface area contributed by atoms with E-state index in [9.17, 15) is 19.5 Å². The lowest BCUT2D eigenvalue weighted by Crippen LogP contribution is -2.51. The molecule has 0 saturated carbocycles. The van der Waals surface area contributed by atoms with E-state index in [1.807, 2.05) is 42.5 Å². The van der Waals surface area contributed by atoms with Crippen LogP contribution in [0.1, 0.15) is 94.7 Å². The molecule has 0 radical (unpaired) electrons. The van der Waals surface area contributed by atoms with Gasteiger partial charge in [-0.1, -0.05) is 94.2 Å². The highest BCUT2D eigenvalue weighted by Crippen LogP contribution is 2.14. The molecule has 0 unspecified atom stereocenters. The number of benzene rings is 1. The largest absolute Gasteiger partial charge is 0.390 e. The first-order valence-electron chi connectivity index (χ1n) is 15.5. The number of aromatic nitrogens is 1. The molecule has 224 valence electrons. The highest BCUT2D eigenvalue weighted by Gasteiger charge is 2.27. The Morgan fingerprint density at radius 2 is 1.34 bits per heavy atom. The minimum Gasteiger partial charge on any atom is -0.390 e. The van der Waals surface area contributed by atoms with Crippen molar-refractivity contribution in [2.75, 3.05) is 6.54 Å². The van der Waals surface area contributed by atoms with Gasteiger partial charge >= 0.3 is 0 Å². The maximum atomic E-state index is 13.1. The first-order chi connectivity index (χ1) is 20.0. The van der Waals surface area contributed by atoms with E-state index in [2.05, 4.69) is 20.9 Å². The second-order valence-corrected chi connectivity index (χ2v) is 11.2. The SMILES string of the molecule is O=C1C[C@H](O)[C@H](Cc2ccccc2)NC(=O)CCCCCCCCCCCCCNC(=O)[C@H](Cc2ccccn2)N1. The zero-order valence-electron chi connectivity index (χ0n) is 24.4. The summed E-state index contributed by atoms with van der Waals surface area (Å²) < 4.78 is 0. The first-order valence-corrected chi connectivity index (χ1v) is 15.5. The predicted molar refractivity (Wildman–Crippen MR) is 161 cm³/mol. The van der Waals surface area contributed by atoms with Gasteiger partial charge in [-0.15, -0.1) is 0 Å². The Kier molecular flexibility index (Phi) is 14.9. The standard InChI is InChI=1S/C33H48N4O4/c38-30-25-32(40)37-29(24-27-19-14-16-21-34-27)33(41)35-22-15-9-7-5-3-1-2-4-6-8-13-20-31(39)36-28(30)23-26-17-11-10-12-18-26/h10-12,14,16-19,21,28-30,38H,1-9,13,15,20,22-25H2,(H,35,41)(H,36,39)(H,37,40)/t28-,29-,30-/m0/s1. The Balaban J connectivity index is 1.69. The number of pyridine rings is 1. The van der Waals surface area contributed by atoms with E-state index < -0.39 is 24.1 Å². The average molecular weight is 565 g/mol. The van der Waals surface area contributed by atoms with Crippen molar-refractivity contribution in [1.82, 2.24) is 20.9 Å². The van der Waals surface area contributed by atoms with E-state index >= 15 is 0 Å². The van der Waals surface area contributed by atoms with Crippen molar-refractivity contribution in [3.63, 3.8) is 0 Å². The van der Waals surface area contributed by atoms with Crippen LogP contribution < -0.4 is 16.0 Å². The van der Waals surface area contributed by atoms with Gasteiger partial charge in [-0.05, 0) is 37.0 Å². The summed E-state index contributed by atoms with van der Waals surface area (Å²) in [5.74, 6) is -0.818. The highest BCUT2D eigenvalue weighted by atomic mass is 16.3. The number of aliphatic hydroxyl groups is 1. The number of aliphatic hydroxyl groups excluding tert-OH is 1. The van der Waals surface area contributed by atoms with Crippen LogP contribution in [-0.4, -0.2) is 52.5 Å². The number of carbonyl (C=O) groups excluding carboxylic acids is 3. The molecule has 3 amide bonds. The Hall–Kier alpha value is -3.26. The molecule has 41 heavy (non-hydrogen) atoms. The van der Waals surface area contributed by atoms with Crippen LogP contribution in [0.5, 0.6) is 0 Å². The summed E-state index contributed by atoms with van der Waals surface area (Å²) >= 11 is 0. The highest BCUT2D eigenvalue weighted by molar-refractivity contribution is 5.88. The maximum Gasteiger partial charge on any atom is 0.242 e. The molecule has 8 heteroatoms. The number of rotatable bonds is 4. The molecule has 2 heterocycles. The third-order valence-corrected chi connectivity index (χ3v) is 7.67. The van der Waals surface area contributed by atoms with Crippen molar-refractivity contribution in [1.29, 1.82) is 0 Å². The molecular weight excluding hydrogens is 516 g/mol. The predicted octanol–water partition coefficient (Wildman–Crippen LogP) is 4.40. The Morgan fingerprint density at radius 1 is 0.707 bits per heavy atom. The summed E-state index contributed by atoms with van der Waals surface area (Å²) in [6.07, 6.45) is 13.5. The normalized spacial score (nSPS) is 23.5. The van der Waals surface area contributed by atoms with Gasteiger partial charge in [0.15, 0.2) is 0 Å². The Bertz CT molecular complexity index is 1030. The van der Waals surface area contributed by atoms with Gasteiger partial charge in [0, 0.05) is 31.3 Å². The van der Waals surface area contributed by atoms with Gasteiger partial charge in [-0.3, -0.25) is 19.4 Å². The van der Waals surface area contributed by atoms with Crippen LogP contribution in [0.2, 0.25) is 0 Å². The molecule has 1 aliphatic heterocycles. The molecule has 1 aliphatic rings. The van der Waals surface area contributed by atoms with E-state index in [0.29, 0.717) is 25.1 Å². The van der Waals surface area contributed by atoms with Gasteiger partial charge in [0.25, 0.3) is 0 Å². The fourth-order valence-electron chi connectivity index (χ4n) is 5.29. The van der Waals surface area contributed by atoms with Crippen LogP contribution in [0.3, 0.4) is 0 Å². The molecule has 8 nitrogen and oxygen atoms in total. The van der Waals surface area contributed by atoms with Crippen molar-refractivity contribution in [3.05, 3.63) is 66.0 Å². The summed E-state index contributed by atoms with van der Waals surface area (Å²) in [5, 5.41) is 19.9.